The normalized spacial score (nSPS) is 14.9. The topological polar surface area (TPSA) is 142 Å². The molecule has 2 aromatic carbocycles. The Labute approximate surface area is 241 Å². The van der Waals surface area contributed by atoms with Gasteiger partial charge in [-0.1, -0.05) is 24.3 Å². The Morgan fingerprint density at radius 1 is 0.902 bits per heavy atom. The first-order chi connectivity index (χ1) is 19.6. The van der Waals surface area contributed by atoms with E-state index in [1.807, 2.05) is 24.3 Å². The van der Waals surface area contributed by atoms with Crippen molar-refractivity contribution in [2.24, 2.45) is 0 Å². The van der Waals surface area contributed by atoms with Gasteiger partial charge in [0.15, 0.2) is 0 Å². The summed E-state index contributed by atoms with van der Waals surface area (Å²) in [4.78, 5) is 52.2. The molecule has 2 aliphatic rings. The molecule has 0 radical (unpaired) electrons. The van der Waals surface area contributed by atoms with Crippen LogP contribution in [0.4, 0.5) is 9.80 Å². The number of anilines is 1. The summed E-state index contributed by atoms with van der Waals surface area (Å²) in [5.41, 5.74) is 3.07. The van der Waals surface area contributed by atoms with Gasteiger partial charge >= 0.3 is 6.09 Å². The van der Waals surface area contributed by atoms with Crippen LogP contribution >= 0.6 is 11.3 Å². The molecule has 0 unspecified atom stereocenters. The number of hydrogen-bond donors (Lipinski definition) is 2. The molecule has 0 saturated carbocycles. The van der Waals surface area contributed by atoms with E-state index in [0.29, 0.717) is 31.5 Å². The highest BCUT2D eigenvalue weighted by Crippen LogP contribution is 2.37. The lowest BCUT2D eigenvalue weighted by atomic mass is 10.0. The third kappa shape index (κ3) is 5.73. The monoisotopic (exact) mass is 596 g/mol. The first-order valence-electron chi connectivity index (χ1n) is 12.9. The number of nitrogens with one attached hydrogen (secondary N) is 2. The van der Waals surface area contributed by atoms with Crippen LogP contribution in [0.3, 0.4) is 0 Å². The lowest BCUT2D eigenvalue weighted by molar-refractivity contribution is -0.129. The summed E-state index contributed by atoms with van der Waals surface area (Å²) in [6.45, 7) is 2.77. The second kappa shape index (κ2) is 11.4. The minimum Gasteiger partial charge on any atom is -0.453 e. The summed E-state index contributed by atoms with van der Waals surface area (Å²) < 4.78 is 32.6. The minimum absolute atomic E-state index is 0.0717. The van der Waals surface area contributed by atoms with Gasteiger partial charge in [-0.3, -0.25) is 19.7 Å². The van der Waals surface area contributed by atoms with Gasteiger partial charge in [0.1, 0.15) is 5.00 Å². The Balaban J connectivity index is 1.36. The van der Waals surface area contributed by atoms with Gasteiger partial charge in [-0.05, 0) is 53.8 Å². The van der Waals surface area contributed by atoms with Crippen LogP contribution in [-0.2, 0) is 45.5 Å². The van der Waals surface area contributed by atoms with E-state index in [0.717, 1.165) is 34.5 Å². The molecule has 4 amide bonds. The largest absolute Gasteiger partial charge is 0.453 e. The van der Waals surface area contributed by atoms with Crippen molar-refractivity contribution in [2.45, 2.75) is 37.8 Å². The highest BCUT2D eigenvalue weighted by atomic mass is 32.2. The van der Waals surface area contributed by atoms with E-state index in [2.05, 4.69) is 15.4 Å². The average Bonchev–Trinajstić information content (AvgIpc) is 3.33. The molecule has 13 heteroatoms. The van der Waals surface area contributed by atoms with E-state index in [-0.39, 0.29) is 40.0 Å². The van der Waals surface area contributed by atoms with Gasteiger partial charge in [0.25, 0.3) is 11.8 Å². The SMILES string of the molecule is COC(=O)NC(=O)c1c(NC(=O)c2ccc(S(=O)(=O)N3CCc4ccccc4C3)cc2)sc2c1CCN(C(C)=O)C2. The fourth-order valence-electron chi connectivity index (χ4n) is 4.98. The predicted octanol–water partition coefficient (Wildman–Crippen LogP) is 3.15. The van der Waals surface area contributed by atoms with E-state index < -0.39 is 27.9 Å². The number of benzene rings is 2. The van der Waals surface area contributed by atoms with Crippen molar-refractivity contribution in [3.63, 3.8) is 0 Å². The van der Waals surface area contributed by atoms with Crippen LogP contribution in [-0.4, -0.2) is 61.6 Å². The van der Waals surface area contributed by atoms with Crippen LogP contribution in [0.2, 0.25) is 0 Å². The third-order valence-corrected chi connectivity index (χ3v) is 10.2. The Hall–Kier alpha value is -4.07. The summed E-state index contributed by atoms with van der Waals surface area (Å²) in [6, 6.07) is 13.4. The zero-order valence-corrected chi connectivity index (χ0v) is 24.1. The standard InChI is InChI=1S/C28H28N4O7S2/c1-17(33)31-13-12-22-23(16-31)40-27(24(22)26(35)30-28(36)39-2)29-25(34)19-7-9-21(10-8-19)41(37,38)32-14-11-18-5-3-4-6-20(18)15-32/h3-10H,11-16H2,1-2H3,(H,29,34)(H,30,35,36). The highest BCUT2D eigenvalue weighted by molar-refractivity contribution is 7.89. The fourth-order valence-corrected chi connectivity index (χ4v) is 7.66. The molecular formula is C28H28N4O7S2. The Morgan fingerprint density at radius 2 is 1.61 bits per heavy atom. The number of amides is 4. The molecule has 3 aromatic rings. The summed E-state index contributed by atoms with van der Waals surface area (Å²) in [6.07, 6.45) is 0.0533. The number of alkyl carbamates (subject to hydrolysis) is 1. The van der Waals surface area contributed by atoms with Crippen molar-refractivity contribution >= 4 is 50.2 Å². The minimum atomic E-state index is -3.78. The van der Waals surface area contributed by atoms with Crippen LogP contribution in [0.15, 0.2) is 53.4 Å². The highest BCUT2D eigenvalue weighted by Gasteiger charge is 2.31. The number of imide groups is 1. The van der Waals surface area contributed by atoms with E-state index >= 15 is 0 Å². The number of hydrogen-bond acceptors (Lipinski definition) is 8. The van der Waals surface area contributed by atoms with Crippen LogP contribution in [0.1, 0.15) is 49.2 Å². The second-order valence-corrected chi connectivity index (χ2v) is 12.7. The smallest absolute Gasteiger partial charge is 0.413 e. The van der Waals surface area contributed by atoms with Crippen molar-refractivity contribution < 1.29 is 32.3 Å². The third-order valence-electron chi connectivity index (χ3n) is 7.21. The average molecular weight is 597 g/mol. The molecule has 5 rings (SSSR count). The number of thiophene rings is 1. The van der Waals surface area contributed by atoms with Crippen molar-refractivity contribution in [1.29, 1.82) is 0 Å². The van der Waals surface area contributed by atoms with E-state index in [4.69, 9.17) is 0 Å². The molecule has 0 spiro atoms. The molecule has 0 bridgehead atoms. The number of carbonyl (C=O) groups excluding carboxylic acids is 4. The Kier molecular flexibility index (Phi) is 7.93. The van der Waals surface area contributed by atoms with Crippen LogP contribution in [0.25, 0.3) is 0 Å². The molecule has 1 aromatic heterocycles. The Bertz CT molecular complexity index is 1650. The van der Waals surface area contributed by atoms with E-state index in [1.54, 1.807) is 4.90 Å². The van der Waals surface area contributed by atoms with E-state index in [9.17, 15) is 27.6 Å². The quantitative estimate of drug-likeness (QED) is 0.461. The second-order valence-electron chi connectivity index (χ2n) is 9.68. The number of nitrogens with zero attached hydrogens (tertiary/aromatic N) is 2. The molecule has 214 valence electrons. The summed E-state index contributed by atoms with van der Waals surface area (Å²) >= 11 is 1.15. The Morgan fingerprint density at radius 3 is 2.29 bits per heavy atom. The molecular weight excluding hydrogens is 568 g/mol. The molecule has 11 nitrogen and oxygen atoms in total. The van der Waals surface area contributed by atoms with Crippen molar-refractivity contribution in [3.8, 4) is 0 Å². The zero-order valence-electron chi connectivity index (χ0n) is 22.4. The maximum Gasteiger partial charge on any atom is 0.413 e. The molecule has 0 atom stereocenters. The van der Waals surface area contributed by atoms with Gasteiger partial charge in [-0.2, -0.15) is 4.31 Å². The van der Waals surface area contributed by atoms with Crippen molar-refractivity contribution in [2.75, 3.05) is 25.5 Å². The lowest BCUT2D eigenvalue weighted by Gasteiger charge is -2.28. The molecule has 3 heterocycles. The fraction of sp³-hybridized carbons (Fsp3) is 0.286. The molecule has 0 saturated heterocycles. The molecule has 0 aliphatic carbocycles. The first kappa shape index (κ1) is 28.5. The molecule has 2 aliphatic heterocycles. The number of fused-ring (bicyclic) bond motifs is 2. The van der Waals surface area contributed by atoms with Crippen molar-refractivity contribution in [3.05, 3.63) is 81.2 Å². The maximum atomic E-state index is 13.3. The number of methoxy groups -OCH3 is 1. The number of carbonyl (C=O) groups is 4. The van der Waals surface area contributed by atoms with Gasteiger partial charge in [-0.15, -0.1) is 11.3 Å². The van der Waals surface area contributed by atoms with Crippen LogP contribution in [0, 0.1) is 0 Å². The summed E-state index contributed by atoms with van der Waals surface area (Å²) in [7, 11) is -2.65. The summed E-state index contributed by atoms with van der Waals surface area (Å²) in [5, 5.41) is 5.09. The van der Waals surface area contributed by atoms with E-state index in [1.165, 1.54) is 35.5 Å². The van der Waals surface area contributed by atoms with Gasteiger partial charge in [0, 0.05) is 37.0 Å². The van der Waals surface area contributed by atoms with Gasteiger partial charge < -0.3 is 15.0 Å². The van der Waals surface area contributed by atoms with Crippen LogP contribution < -0.4 is 10.6 Å². The lowest BCUT2D eigenvalue weighted by Crippen LogP contribution is -2.36. The molecule has 2 N–H and O–H groups in total. The molecule has 0 fully saturated rings. The van der Waals surface area contributed by atoms with Gasteiger partial charge in [0.2, 0.25) is 15.9 Å². The number of sulfonamides is 1. The van der Waals surface area contributed by atoms with Gasteiger partial charge in [0.05, 0.1) is 24.1 Å². The summed E-state index contributed by atoms with van der Waals surface area (Å²) in [5.74, 6) is -1.40. The van der Waals surface area contributed by atoms with Gasteiger partial charge in [-0.25, -0.2) is 13.2 Å². The number of ether oxygens (including phenoxy) is 1. The zero-order chi connectivity index (χ0) is 29.3. The van der Waals surface area contributed by atoms with Crippen molar-refractivity contribution in [1.82, 2.24) is 14.5 Å². The molecule has 41 heavy (non-hydrogen) atoms. The first-order valence-corrected chi connectivity index (χ1v) is 15.1. The number of rotatable bonds is 5. The predicted molar refractivity (Wildman–Crippen MR) is 151 cm³/mol. The van der Waals surface area contributed by atoms with Crippen LogP contribution in [0.5, 0.6) is 0 Å². The maximum absolute atomic E-state index is 13.3.